The smallest absolute Gasteiger partial charge is 0.212 e. The zero-order valence-corrected chi connectivity index (χ0v) is 7.35. The van der Waals surface area contributed by atoms with Gasteiger partial charge >= 0.3 is 0 Å². The van der Waals surface area contributed by atoms with Crippen LogP contribution in [0.1, 0.15) is 13.3 Å². The van der Waals surface area contributed by atoms with Crippen molar-refractivity contribution in [3.63, 3.8) is 0 Å². The zero-order chi connectivity index (χ0) is 8.91. The fraction of sp³-hybridized carbons (Fsp3) is 1.00. The first kappa shape index (κ1) is 9.19. The van der Waals surface area contributed by atoms with Crippen LogP contribution in [0.3, 0.4) is 0 Å². The highest BCUT2D eigenvalue weighted by Crippen LogP contribution is 2.60. The van der Waals surface area contributed by atoms with Crippen molar-refractivity contribution in [2.75, 3.05) is 5.75 Å². The lowest BCUT2D eigenvalue weighted by Gasteiger charge is -2.05. The number of halogens is 3. The molecule has 1 atom stereocenters. The fourth-order valence-electron chi connectivity index (χ4n) is 0.983. The van der Waals surface area contributed by atoms with Gasteiger partial charge in [-0.05, 0) is 0 Å². The Bertz CT molecular complexity index is 274. The van der Waals surface area contributed by atoms with Crippen LogP contribution in [-0.2, 0) is 9.05 Å². The van der Waals surface area contributed by atoms with Gasteiger partial charge in [0.05, 0.1) is 11.2 Å². The molecule has 0 aromatic heterocycles. The quantitative estimate of drug-likeness (QED) is 0.641. The lowest BCUT2D eigenvalue weighted by atomic mass is 10.2. The van der Waals surface area contributed by atoms with Gasteiger partial charge in [-0.3, -0.25) is 0 Å². The second kappa shape index (κ2) is 2.07. The average Bonchev–Trinajstić information content (AvgIpc) is 1.96. The van der Waals surface area contributed by atoms with Crippen LogP contribution in [0, 0.1) is 5.41 Å². The van der Waals surface area contributed by atoms with E-state index < -0.39 is 26.1 Å². The Balaban J connectivity index is 2.68. The highest BCUT2D eigenvalue weighted by Gasteiger charge is 2.69. The third kappa shape index (κ3) is 1.82. The first-order valence-electron chi connectivity index (χ1n) is 2.96. The molecule has 2 nitrogen and oxygen atoms in total. The second-order valence-electron chi connectivity index (χ2n) is 3.13. The van der Waals surface area contributed by atoms with Crippen molar-refractivity contribution < 1.29 is 17.2 Å². The third-order valence-electron chi connectivity index (χ3n) is 1.86. The molecule has 0 amide bonds. The van der Waals surface area contributed by atoms with Crippen molar-refractivity contribution >= 4 is 19.7 Å². The summed E-state index contributed by atoms with van der Waals surface area (Å²) >= 11 is 0. The van der Waals surface area contributed by atoms with Gasteiger partial charge in [-0.1, -0.05) is 6.92 Å². The molecule has 1 saturated carbocycles. The van der Waals surface area contributed by atoms with Crippen molar-refractivity contribution in [2.24, 2.45) is 5.41 Å². The summed E-state index contributed by atoms with van der Waals surface area (Å²) in [4.78, 5) is 0. The van der Waals surface area contributed by atoms with Crippen LogP contribution in [0.15, 0.2) is 0 Å². The highest BCUT2D eigenvalue weighted by atomic mass is 35.7. The molecule has 0 bridgehead atoms. The van der Waals surface area contributed by atoms with E-state index in [9.17, 15) is 17.2 Å². The molecule has 0 heterocycles. The first-order chi connectivity index (χ1) is 4.66. The van der Waals surface area contributed by atoms with E-state index in [1.165, 1.54) is 6.92 Å². The van der Waals surface area contributed by atoms with E-state index in [0.717, 1.165) is 0 Å². The lowest BCUT2D eigenvalue weighted by molar-refractivity contribution is 0.0771. The average molecular weight is 205 g/mol. The largest absolute Gasteiger partial charge is 0.255 e. The Morgan fingerprint density at radius 3 is 2.00 bits per heavy atom. The summed E-state index contributed by atoms with van der Waals surface area (Å²) < 4.78 is 45.6. The molecule has 0 aromatic carbocycles. The maximum Gasteiger partial charge on any atom is 0.255 e. The maximum absolute atomic E-state index is 12.4. The topological polar surface area (TPSA) is 34.1 Å². The Kier molecular flexibility index (Phi) is 1.73. The summed E-state index contributed by atoms with van der Waals surface area (Å²) in [7, 11) is 1.03. The molecule has 0 unspecified atom stereocenters. The van der Waals surface area contributed by atoms with Crippen molar-refractivity contribution in [1.82, 2.24) is 0 Å². The molecule has 0 aromatic rings. The van der Waals surface area contributed by atoms with E-state index in [4.69, 9.17) is 10.7 Å². The van der Waals surface area contributed by atoms with Crippen LogP contribution in [0.25, 0.3) is 0 Å². The van der Waals surface area contributed by atoms with Gasteiger partial charge in [0, 0.05) is 17.1 Å². The Labute approximate surface area is 68.0 Å². The van der Waals surface area contributed by atoms with Crippen LogP contribution in [0.2, 0.25) is 0 Å². The first-order valence-corrected chi connectivity index (χ1v) is 5.44. The summed E-state index contributed by atoms with van der Waals surface area (Å²) in [5.74, 6) is -3.50. The molecule has 0 N–H and O–H groups in total. The van der Waals surface area contributed by atoms with Crippen molar-refractivity contribution in [3.8, 4) is 0 Å². The van der Waals surface area contributed by atoms with E-state index in [-0.39, 0.29) is 6.42 Å². The van der Waals surface area contributed by atoms with Gasteiger partial charge < -0.3 is 0 Å². The van der Waals surface area contributed by atoms with Gasteiger partial charge in [-0.15, -0.1) is 0 Å². The molecule has 0 radical (unpaired) electrons. The Hall–Kier alpha value is 0.1000. The van der Waals surface area contributed by atoms with E-state index in [1.54, 1.807) is 0 Å². The van der Waals surface area contributed by atoms with Crippen molar-refractivity contribution in [3.05, 3.63) is 0 Å². The van der Waals surface area contributed by atoms with Crippen LogP contribution in [0.4, 0.5) is 8.78 Å². The maximum atomic E-state index is 12.4. The Morgan fingerprint density at radius 2 is 1.91 bits per heavy atom. The molecule has 66 valence electrons. The normalized spacial score (nSPS) is 35.3. The molecule has 1 fully saturated rings. The molecular formula is C5H7ClF2O2S. The van der Waals surface area contributed by atoms with Gasteiger partial charge in [-0.2, -0.15) is 0 Å². The molecular weight excluding hydrogens is 198 g/mol. The van der Waals surface area contributed by atoms with Crippen molar-refractivity contribution in [2.45, 2.75) is 19.3 Å². The lowest BCUT2D eigenvalue weighted by Crippen LogP contribution is -2.16. The van der Waals surface area contributed by atoms with Gasteiger partial charge in [0.1, 0.15) is 0 Å². The minimum Gasteiger partial charge on any atom is -0.212 e. The number of hydrogen-bond donors (Lipinski definition) is 0. The van der Waals surface area contributed by atoms with Gasteiger partial charge in [-0.25, -0.2) is 17.2 Å². The third-order valence-corrected chi connectivity index (χ3v) is 3.17. The van der Waals surface area contributed by atoms with Crippen LogP contribution >= 0.6 is 10.7 Å². The van der Waals surface area contributed by atoms with E-state index in [1.807, 2.05) is 0 Å². The predicted octanol–water partition coefficient (Wildman–Crippen LogP) is 1.60. The molecule has 0 aliphatic heterocycles. The standard InChI is InChI=1S/C5H7ClF2O2S/c1-4(2-5(4,7)8)3-11(6,9)10/h2-3H2,1H3/t4-/m1/s1. The van der Waals surface area contributed by atoms with Crippen LogP contribution in [0.5, 0.6) is 0 Å². The molecule has 1 aliphatic rings. The summed E-state index contributed by atoms with van der Waals surface area (Å²) in [6.45, 7) is 1.22. The minimum atomic E-state index is -3.80. The van der Waals surface area contributed by atoms with Crippen molar-refractivity contribution in [1.29, 1.82) is 0 Å². The van der Waals surface area contributed by atoms with Crippen LogP contribution in [-0.4, -0.2) is 20.1 Å². The second-order valence-corrected chi connectivity index (χ2v) is 5.90. The monoisotopic (exact) mass is 204 g/mol. The Morgan fingerprint density at radius 1 is 1.55 bits per heavy atom. The summed E-state index contributed by atoms with van der Waals surface area (Å²) in [5, 5.41) is 0. The van der Waals surface area contributed by atoms with E-state index in [0.29, 0.717) is 0 Å². The van der Waals surface area contributed by atoms with E-state index in [2.05, 4.69) is 0 Å². The summed E-state index contributed by atoms with van der Waals surface area (Å²) in [6, 6.07) is 0. The summed E-state index contributed by atoms with van der Waals surface area (Å²) in [6.07, 6.45) is -0.383. The SMILES string of the molecule is C[C@]1(CS(=O)(=O)Cl)CC1(F)F. The molecule has 6 heteroatoms. The molecule has 11 heavy (non-hydrogen) atoms. The zero-order valence-electron chi connectivity index (χ0n) is 5.77. The molecule has 0 spiro atoms. The molecule has 0 saturated heterocycles. The van der Waals surface area contributed by atoms with Gasteiger partial charge in [0.2, 0.25) is 9.05 Å². The van der Waals surface area contributed by atoms with Crippen LogP contribution < -0.4 is 0 Å². The van der Waals surface area contributed by atoms with Gasteiger partial charge in [0.15, 0.2) is 0 Å². The molecule has 1 rings (SSSR count). The number of alkyl halides is 2. The number of hydrogen-bond acceptors (Lipinski definition) is 2. The number of rotatable bonds is 2. The predicted molar refractivity (Wildman–Crippen MR) is 37.3 cm³/mol. The summed E-state index contributed by atoms with van der Waals surface area (Å²) in [5.41, 5.74) is -1.42. The van der Waals surface area contributed by atoms with Gasteiger partial charge in [0.25, 0.3) is 5.92 Å². The van der Waals surface area contributed by atoms with E-state index >= 15 is 0 Å². The molecule has 1 aliphatic carbocycles. The fourth-order valence-corrected chi connectivity index (χ4v) is 2.78. The minimum absolute atomic E-state index is 0.383. The highest BCUT2D eigenvalue weighted by molar-refractivity contribution is 8.13.